The third-order valence-corrected chi connectivity index (χ3v) is 4.59. The van der Waals surface area contributed by atoms with E-state index in [1.54, 1.807) is 25.1 Å². The van der Waals surface area contributed by atoms with Gasteiger partial charge >= 0.3 is 0 Å². The van der Waals surface area contributed by atoms with Crippen LogP contribution in [0.5, 0.6) is 11.5 Å². The third kappa shape index (κ3) is 2.18. The van der Waals surface area contributed by atoms with E-state index < -0.39 is 5.60 Å². The Morgan fingerprint density at radius 3 is 2.76 bits per heavy atom. The highest BCUT2D eigenvalue weighted by molar-refractivity contribution is 5.63. The summed E-state index contributed by atoms with van der Waals surface area (Å²) in [6, 6.07) is 13.0. The van der Waals surface area contributed by atoms with Crippen LogP contribution in [0.25, 0.3) is 0 Å². The highest BCUT2D eigenvalue weighted by Gasteiger charge is 2.49. The van der Waals surface area contributed by atoms with Gasteiger partial charge in [-0.05, 0) is 30.2 Å². The van der Waals surface area contributed by atoms with Crippen molar-refractivity contribution in [3.63, 3.8) is 0 Å². The fourth-order valence-corrected chi connectivity index (χ4v) is 3.62. The first kappa shape index (κ1) is 15.5. The van der Waals surface area contributed by atoms with Crippen molar-refractivity contribution in [1.82, 2.24) is 0 Å². The second kappa shape index (κ2) is 5.53. The van der Waals surface area contributed by atoms with Gasteiger partial charge in [0.05, 0.1) is 12.4 Å². The first-order valence-corrected chi connectivity index (χ1v) is 8.04. The number of ether oxygens (including phenoxy) is 2. The topological polar surface area (TPSA) is 58.9 Å². The third-order valence-electron chi connectivity index (χ3n) is 4.59. The van der Waals surface area contributed by atoms with Gasteiger partial charge in [-0.2, -0.15) is 0 Å². The van der Waals surface area contributed by atoms with Gasteiger partial charge in [0, 0.05) is 23.3 Å². The van der Waals surface area contributed by atoms with Crippen molar-refractivity contribution in [3.8, 4) is 11.5 Å². The number of phenolic OH excluding ortho intramolecular Hbond substituents is 1. The maximum Gasteiger partial charge on any atom is 0.151 e. The molecule has 1 unspecified atom stereocenters. The summed E-state index contributed by atoms with van der Waals surface area (Å²) in [6.07, 6.45) is 3.24. The summed E-state index contributed by atoms with van der Waals surface area (Å²) >= 11 is 0. The van der Waals surface area contributed by atoms with E-state index in [1.807, 2.05) is 30.3 Å². The van der Waals surface area contributed by atoms with Crippen molar-refractivity contribution < 1.29 is 19.7 Å². The van der Waals surface area contributed by atoms with E-state index in [-0.39, 0.29) is 11.5 Å². The Hall–Kier alpha value is -2.98. The summed E-state index contributed by atoms with van der Waals surface area (Å²) in [4.78, 5) is 0. The molecule has 2 N–H and O–H groups in total. The fraction of sp³-hybridized carbons (Fsp3) is 0.143. The van der Waals surface area contributed by atoms with Crippen LogP contribution in [0, 0.1) is 0 Å². The number of benzene rings is 2. The first-order chi connectivity index (χ1) is 12.1. The number of hydrogen-bond donors (Lipinski definition) is 2. The molecule has 4 rings (SSSR count). The monoisotopic (exact) mass is 334 g/mol. The molecule has 2 aliphatic heterocycles. The van der Waals surface area contributed by atoms with E-state index in [4.69, 9.17) is 9.47 Å². The van der Waals surface area contributed by atoms with Crippen molar-refractivity contribution >= 4 is 0 Å². The average molecular weight is 334 g/mol. The second-order valence-corrected chi connectivity index (χ2v) is 6.18. The minimum Gasteiger partial charge on any atom is -0.512 e. The lowest BCUT2D eigenvalue weighted by Crippen LogP contribution is -2.34. The number of aliphatic hydroxyl groups is 1. The number of phenols is 1. The number of allylic oxidation sites excluding steroid dienone is 2. The van der Waals surface area contributed by atoms with Crippen molar-refractivity contribution in [2.45, 2.75) is 19.1 Å². The van der Waals surface area contributed by atoms with Gasteiger partial charge in [-0.25, -0.2) is 0 Å². The van der Waals surface area contributed by atoms with Crippen LogP contribution in [0.4, 0.5) is 0 Å². The summed E-state index contributed by atoms with van der Waals surface area (Å²) in [7, 11) is 0. The van der Waals surface area contributed by atoms with E-state index in [0.717, 1.165) is 22.3 Å². The fourth-order valence-electron chi connectivity index (χ4n) is 3.62. The largest absolute Gasteiger partial charge is 0.512 e. The van der Waals surface area contributed by atoms with Gasteiger partial charge in [0.2, 0.25) is 0 Å². The zero-order chi connectivity index (χ0) is 17.6. The lowest BCUT2D eigenvalue weighted by Gasteiger charge is -2.37. The van der Waals surface area contributed by atoms with Gasteiger partial charge in [0.25, 0.3) is 0 Å². The number of aromatic hydroxyl groups is 1. The van der Waals surface area contributed by atoms with Gasteiger partial charge in [-0.1, -0.05) is 36.9 Å². The quantitative estimate of drug-likeness (QED) is 0.796. The van der Waals surface area contributed by atoms with Crippen LogP contribution in [-0.4, -0.2) is 10.2 Å². The van der Waals surface area contributed by atoms with E-state index in [9.17, 15) is 10.2 Å². The summed E-state index contributed by atoms with van der Waals surface area (Å²) in [5, 5.41) is 19.7. The zero-order valence-corrected chi connectivity index (χ0v) is 13.8. The molecule has 0 amide bonds. The molecule has 0 aliphatic carbocycles. The Morgan fingerprint density at radius 2 is 2.00 bits per heavy atom. The van der Waals surface area contributed by atoms with Crippen molar-refractivity contribution in [2.75, 3.05) is 0 Å². The molecule has 2 aromatic carbocycles. The molecule has 0 saturated heterocycles. The molecule has 0 radical (unpaired) electrons. The minimum absolute atomic E-state index is 0.103. The summed E-state index contributed by atoms with van der Waals surface area (Å²) in [6.45, 7) is 5.98. The van der Waals surface area contributed by atoms with Crippen LogP contribution in [0.15, 0.2) is 78.3 Å². The molecule has 0 aromatic heterocycles. The lowest BCUT2D eigenvalue weighted by molar-refractivity contribution is 0.0182. The van der Waals surface area contributed by atoms with Gasteiger partial charge < -0.3 is 19.7 Å². The predicted octanol–water partition coefficient (Wildman–Crippen LogP) is 4.46. The van der Waals surface area contributed by atoms with Crippen LogP contribution in [-0.2, 0) is 16.9 Å². The Labute approximate surface area is 146 Å². The zero-order valence-electron chi connectivity index (χ0n) is 13.8. The standard InChI is InChI=1S/C21H18O4/c1-3-16-19(10-13(2)22)25-20-11-15(23)8-9-18(20)21(16)17-7-5-4-6-14(17)12-24-21/h3-11,22-23H,1,12H2,2H3/b13-10+. The van der Waals surface area contributed by atoms with Crippen LogP contribution in [0.3, 0.4) is 0 Å². The van der Waals surface area contributed by atoms with E-state index in [2.05, 4.69) is 6.58 Å². The number of fused-ring (bicyclic) bond motifs is 4. The van der Waals surface area contributed by atoms with Crippen molar-refractivity contribution in [1.29, 1.82) is 0 Å². The summed E-state index contributed by atoms with van der Waals surface area (Å²) < 4.78 is 12.3. The van der Waals surface area contributed by atoms with E-state index in [1.165, 1.54) is 6.08 Å². The number of rotatable bonds is 2. The molecule has 2 aliphatic rings. The van der Waals surface area contributed by atoms with Crippen LogP contribution in [0.2, 0.25) is 0 Å². The van der Waals surface area contributed by atoms with Gasteiger partial charge in [0.1, 0.15) is 17.3 Å². The Kier molecular flexibility index (Phi) is 3.44. The summed E-state index contributed by atoms with van der Waals surface area (Å²) in [5.41, 5.74) is 2.76. The molecular formula is C21H18O4. The highest BCUT2D eigenvalue weighted by Crippen LogP contribution is 2.54. The van der Waals surface area contributed by atoms with Gasteiger partial charge in [-0.15, -0.1) is 0 Å². The molecule has 0 bridgehead atoms. The maximum absolute atomic E-state index is 9.88. The molecule has 4 nitrogen and oxygen atoms in total. The second-order valence-electron chi connectivity index (χ2n) is 6.18. The smallest absolute Gasteiger partial charge is 0.151 e. The molecule has 126 valence electrons. The number of hydrogen-bond acceptors (Lipinski definition) is 4. The Morgan fingerprint density at radius 1 is 1.20 bits per heavy atom. The van der Waals surface area contributed by atoms with Crippen LogP contribution in [0.1, 0.15) is 23.6 Å². The van der Waals surface area contributed by atoms with Crippen LogP contribution >= 0.6 is 0 Å². The predicted molar refractivity (Wildman–Crippen MR) is 94.4 cm³/mol. The molecule has 2 heterocycles. The SMILES string of the molecule is C=CC1=C(/C=C(\C)O)Oc2cc(O)ccc2C12OCc1ccccc12. The molecule has 1 atom stereocenters. The Balaban J connectivity index is 2.08. The lowest BCUT2D eigenvalue weighted by atomic mass is 9.77. The van der Waals surface area contributed by atoms with Crippen LogP contribution < -0.4 is 4.74 Å². The molecule has 4 heteroatoms. The molecular weight excluding hydrogens is 316 g/mol. The normalized spacial score (nSPS) is 21.7. The highest BCUT2D eigenvalue weighted by atomic mass is 16.5. The molecule has 25 heavy (non-hydrogen) atoms. The molecule has 1 spiro atoms. The molecule has 0 saturated carbocycles. The number of aliphatic hydroxyl groups excluding tert-OH is 1. The van der Waals surface area contributed by atoms with Gasteiger partial charge in [-0.3, -0.25) is 0 Å². The molecule has 2 aromatic rings. The maximum atomic E-state index is 9.88. The molecule has 0 fully saturated rings. The van der Waals surface area contributed by atoms with E-state index >= 15 is 0 Å². The van der Waals surface area contributed by atoms with Crippen molar-refractivity contribution in [2.24, 2.45) is 0 Å². The Bertz CT molecular complexity index is 935. The van der Waals surface area contributed by atoms with Crippen molar-refractivity contribution in [3.05, 3.63) is 95.0 Å². The average Bonchev–Trinajstić information content (AvgIpc) is 2.95. The summed E-state index contributed by atoms with van der Waals surface area (Å²) in [5.74, 6) is 1.16. The van der Waals surface area contributed by atoms with E-state index in [0.29, 0.717) is 18.1 Å². The minimum atomic E-state index is -0.874. The van der Waals surface area contributed by atoms with Gasteiger partial charge in [0.15, 0.2) is 5.60 Å². The first-order valence-electron chi connectivity index (χ1n) is 8.04.